The van der Waals surface area contributed by atoms with Gasteiger partial charge in [-0.15, -0.1) is 0 Å². The molecule has 0 bridgehead atoms. The first kappa shape index (κ1) is 17.3. The Kier molecular flexibility index (Phi) is 6.02. The van der Waals surface area contributed by atoms with E-state index in [0.717, 1.165) is 5.69 Å². The molecule has 0 spiro atoms. The minimum absolute atomic E-state index is 0.268. The molecule has 1 rings (SSSR count). The molecule has 0 fully saturated rings. The molecule has 1 unspecified atom stereocenters. The van der Waals surface area contributed by atoms with Gasteiger partial charge < -0.3 is 20.1 Å². The summed E-state index contributed by atoms with van der Waals surface area (Å²) >= 11 is 5.83. The standard InChI is InChI=1S/C13H20ClN3O4/c1-13(2,3)21-12(20)17-9(11(18)19)6-4-5-8-10(14)16-7-15-8/h7,9H,4-6H2,1-3H3,(H,15,16)(H,17,20)(H,18,19). The zero-order valence-corrected chi connectivity index (χ0v) is 13.0. The van der Waals surface area contributed by atoms with Crippen molar-refractivity contribution in [2.45, 2.75) is 51.7 Å². The molecule has 7 nitrogen and oxygen atoms in total. The number of rotatable bonds is 6. The van der Waals surface area contributed by atoms with Gasteiger partial charge in [0.25, 0.3) is 0 Å². The number of alkyl carbamates (subject to hydrolysis) is 1. The van der Waals surface area contributed by atoms with Crippen molar-refractivity contribution in [2.75, 3.05) is 0 Å². The molecular formula is C13H20ClN3O4. The zero-order chi connectivity index (χ0) is 16.0. The number of amides is 1. The first-order valence-corrected chi connectivity index (χ1v) is 6.97. The molecule has 1 aromatic rings. The molecule has 0 aliphatic heterocycles. The van der Waals surface area contributed by atoms with E-state index in [2.05, 4.69) is 15.3 Å². The van der Waals surface area contributed by atoms with Crippen LogP contribution in [-0.2, 0) is 16.0 Å². The van der Waals surface area contributed by atoms with E-state index in [4.69, 9.17) is 21.4 Å². The maximum absolute atomic E-state index is 11.6. The third-order valence-corrected chi connectivity index (χ3v) is 2.90. The number of hydrogen-bond acceptors (Lipinski definition) is 4. The second kappa shape index (κ2) is 7.31. The first-order valence-electron chi connectivity index (χ1n) is 6.59. The maximum atomic E-state index is 11.6. The van der Waals surface area contributed by atoms with Crippen LogP contribution in [0.3, 0.4) is 0 Å². The summed E-state index contributed by atoms with van der Waals surface area (Å²) in [6.45, 7) is 5.13. The molecule has 1 amide bonds. The van der Waals surface area contributed by atoms with E-state index in [1.807, 2.05) is 0 Å². The van der Waals surface area contributed by atoms with Crippen LogP contribution in [0.2, 0.25) is 5.15 Å². The quantitative estimate of drug-likeness (QED) is 0.747. The fourth-order valence-corrected chi connectivity index (χ4v) is 1.87. The molecule has 0 aliphatic carbocycles. The number of halogens is 1. The summed E-state index contributed by atoms with van der Waals surface area (Å²) in [5.74, 6) is -1.10. The molecule has 0 radical (unpaired) electrons. The van der Waals surface area contributed by atoms with Gasteiger partial charge in [0.1, 0.15) is 16.8 Å². The second-order valence-corrected chi connectivity index (χ2v) is 5.96. The molecule has 0 aliphatic rings. The van der Waals surface area contributed by atoms with E-state index < -0.39 is 23.7 Å². The van der Waals surface area contributed by atoms with Crippen LogP contribution in [0.15, 0.2) is 6.33 Å². The number of aromatic nitrogens is 2. The summed E-state index contributed by atoms with van der Waals surface area (Å²) in [4.78, 5) is 29.4. The van der Waals surface area contributed by atoms with Crippen molar-refractivity contribution in [2.24, 2.45) is 0 Å². The van der Waals surface area contributed by atoms with Crippen molar-refractivity contribution in [3.8, 4) is 0 Å². The molecule has 0 aromatic carbocycles. The predicted molar refractivity (Wildman–Crippen MR) is 77.3 cm³/mol. The second-order valence-electron chi connectivity index (χ2n) is 5.60. The Labute approximate surface area is 128 Å². The smallest absolute Gasteiger partial charge is 0.408 e. The highest BCUT2D eigenvalue weighted by atomic mass is 35.5. The van der Waals surface area contributed by atoms with Crippen LogP contribution in [0.25, 0.3) is 0 Å². The van der Waals surface area contributed by atoms with Crippen LogP contribution in [0.5, 0.6) is 0 Å². The number of nitrogens with one attached hydrogen (secondary N) is 2. The van der Waals surface area contributed by atoms with Gasteiger partial charge in [0, 0.05) is 0 Å². The third kappa shape index (κ3) is 6.48. The number of H-pyrrole nitrogens is 1. The summed E-state index contributed by atoms with van der Waals surface area (Å²) < 4.78 is 5.04. The SMILES string of the molecule is CC(C)(C)OC(=O)NC(CCCc1[nH]cnc1Cl)C(=O)O. The molecule has 3 N–H and O–H groups in total. The summed E-state index contributed by atoms with van der Waals surface area (Å²) in [7, 11) is 0. The van der Waals surface area contributed by atoms with Crippen LogP contribution in [0.4, 0.5) is 4.79 Å². The largest absolute Gasteiger partial charge is 0.480 e. The number of carboxylic acid groups (broad SMARTS) is 1. The van der Waals surface area contributed by atoms with Gasteiger partial charge in [-0.2, -0.15) is 0 Å². The highest BCUT2D eigenvalue weighted by molar-refractivity contribution is 6.30. The van der Waals surface area contributed by atoms with Gasteiger partial charge in [0.15, 0.2) is 0 Å². The van der Waals surface area contributed by atoms with E-state index in [-0.39, 0.29) is 6.42 Å². The molecule has 8 heteroatoms. The summed E-state index contributed by atoms with van der Waals surface area (Å²) in [5.41, 5.74) is 0.0782. The van der Waals surface area contributed by atoms with Crippen LogP contribution in [0.1, 0.15) is 39.3 Å². The number of aryl methyl sites for hydroxylation is 1. The Morgan fingerprint density at radius 3 is 2.67 bits per heavy atom. The van der Waals surface area contributed by atoms with E-state index in [1.165, 1.54) is 6.33 Å². The van der Waals surface area contributed by atoms with Crippen molar-refractivity contribution < 1.29 is 19.4 Å². The van der Waals surface area contributed by atoms with Gasteiger partial charge in [0.2, 0.25) is 0 Å². The average Bonchev–Trinajstić information content (AvgIpc) is 2.71. The molecule has 1 heterocycles. The fraction of sp³-hybridized carbons (Fsp3) is 0.615. The highest BCUT2D eigenvalue weighted by Crippen LogP contribution is 2.13. The molecule has 21 heavy (non-hydrogen) atoms. The highest BCUT2D eigenvalue weighted by Gasteiger charge is 2.23. The molecular weight excluding hydrogens is 298 g/mol. The van der Waals surface area contributed by atoms with Gasteiger partial charge in [-0.05, 0) is 40.0 Å². The molecule has 1 aromatic heterocycles. The lowest BCUT2D eigenvalue weighted by Crippen LogP contribution is -2.43. The van der Waals surface area contributed by atoms with Gasteiger partial charge in [0.05, 0.1) is 12.0 Å². The Morgan fingerprint density at radius 2 is 2.19 bits per heavy atom. The number of ether oxygens (including phenoxy) is 1. The van der Waals surface area contributed by atoms with Crippen molar-refractivity contribution in [3.05, 3.63) is 17.2 Å². The monoisotopic (exact) mass is 317 g/mol. The topological polar surface area (TPSA) is 104 Å². The number of hydrogen-bond donors (Lipinski definition) is 3. The van der Waals surface area contributed by atoms with E-state index in [0.29, 0.717) is 18.0 Å². The maximum Gasteiger partial charge on any atom is 0.408 e. The van der Waals surface area contributed by atoms with Crippen molar-refractivity contribution in [1.29, 1.82) is 0 Å². The number of carbonyl (C=O) groups excluding carboxylic acids is 1. The summed E-state index contributed by atoms with van der Waals surface area (Å²) in [6, 6.07) is -0.999. The Balaban J connectivity index is 2.45. The Bertz CT molecular complexity index is 496. The van der Waals surface area contributed by atoms with Crippen LogP contribution < -0.4 is 5.32 Å². The molecule has 118 valence electrons. The number of imidazole rings is 1. The van der Waals surface area contributed by atoms with Crippen molar-refractivity contribution in [1.82, 2.24) is 15.3 Å². The van der Waals surface area contributed by atoms with Crippen molar-refractivity contribution in [3.63, 3.8) is 0 Å². The lowest BCUT2D eigenvalue weighted by atomic mass is 10.1. The summed E-state index contributed by atoms with van der Waals surface area (Å²) in [5, 5.41) is 11.8. The molecule has 0 saturated carbocycles. The van der Waals surface area contributed by atoms with Crippen molar-refractivity contribution >= 4 is 23.7 Å². The zero-order valence-electron chi connectivity index (χ0n) is 12.3. The van der Waals surface area contributed by atoms with Crippen LogP contribution in [-0.4, -0.2) is 38.8 Å². The fourth-order valence-electron chi connectivity index (χ4n) is 1.67. The van der Waals surface area contributed by atoms with Gasteiger partial charge in [-0.1, -0.05) is 11.6 Å². The van der Waals surface area contributed by atoms with Gasteiger partial charge >= 0.3 is 12.1 Å². The Hall–Kier alpha value is -1.76. The lowest BCUT2D eigenvalue weighted by molar-refractivity contribution is -0.139. The predicted octanol–water partition coefficient (Wildman–Crippen LogP) is 2.36. The van der Waals surface area contributed by atoms with Gasteiger partial charge in [-0.25, -0.2) is 14.6 Å². The molecule has 0 saturated heterocycles. The van der Waals surface area contributed by atoms with Crippen LogP contribution in [0, 0.1) is 0 Å². The number of aromatic amines is 1. The average molecular weight is 318 g/mol. The van der Waals surface area contributed by atoms with E-state index in [1.54, 1.807) is 20.8 Å². The van der Waals surface area contributed by atoms with Gasteiger partial charge in [-0.3, -0.25) is 0 Å². The minimum Gasteiger partial charge on any atom is -0.480 e. The van der Waals surface area contributed by atoms with Crippen LogP contribution >= 0.6 is 11.6 Å². The third-order valence-electron chi connectivity index (χ3n) is 2.57. The number of carbonyl (C=O) groups is 2. The minimum atomic E-state index is -1.10. The number of aliphatic carboxylic acids is 1. The normalized spacial score (nSPS) is 12.8. The Morgan fingerprint density at radius 1 is 1.52 bits per heavy atom. The van der Waals surface area contributed by atoms with E-state index >= 15 is 0 Å². The summed E-state index contributed by atoms with van der Waals surface area (Å²) in [6.07, 6.45) is 2.09. The van der Waals surface area contributed by atoms with E-state index in [9.17, 15) is 9.59 Å². The number of nitrogens with zero attached hydrogens (tertiary/aromatic N) is 1. The molecule has 1 atom stereocenters. The lowest BCUT2D eigenvalue weighted by Gasteiger charge is -2.22. The number of carboxylic acids is 1. The first-order chi connectivity index (χ1) is 9.69.